The van der Waals surface area contributed by atoms with E-state index in [9.17, 15) is 9.59 Å². The van der Waals surface area contributed by atoms with Crippen LogP contribution in [0.5, 0.6) is 0 Å². The first-order valence-electron chi connectivity index (χ1n) is 7.58. The molecule has 25 heavy (non-hydrogen) atoms. The molecule has 0 aliphatic carbocycles. The van der Waals surface area contributed by atoms with Gasteiger partial charge < -0.3 is 10.1 Å². The molecule has 7 heteroatoms. The molecule has 0 aliphatic rings. The van der Waals surface area contributed by atoms with Crippen LogP contribution < -0.4 is 5.32 Å². The average Bonchev–Trinajstić information content (AvgIpc) is 2.58. The van der Waals surface area contributed by atoms with Gasteiger partial charge >= 0.3 is 5.97 Å². The van der Waals surface area contributed by atoms with E-state index in [1.165, 1.54) is 17.8 Å². The van der Waals surface area contributed by atoms with Crippen LogP contribution in [0.15, 0.2) is 42.5 Å². The summed E-state index contributed by atoms with van der Waals surface area (Å²) in [5.74, 6) is 0.330. The molecule has 0 fully saturated rings. The first-order chi connectivity index (χ1) is 12.0. The molecule has 132 valence electrons. The molecular weight excluding hydrogens is 381 g/mol. The number of carbonyl (C=O) groups is 2. The summed E-state index contributed by atoms with van der Waals surface area (Å²) in [5.41, 5.74) is 1.83. The Kier molecular flexibility index (Phi) is 7.62. The highest BCUT2D eigenvalue weighted by Crippen LogP contribution is 2.22. The molecule has 0 atom stereocenters. The van der Waals surface area contributed by atoms with E-state index in [2.05, 4.69) is 5.32 Å². The second kappa shape index (κ2) is 9.70. The van der Waals surface area contributed by atoms with E-state index in [1.807, 2.05) is 24.3 Å². The zero-order valence-electron chi connectivity index (χ0n) is 13.6. The molecule has 1 amide bonds. The van der Waals surface area contributed by atoms with Crippen molar-refractivity contribution in [3.05, 3.63) is 63.6 Å². The van der Waals surface area contributed by atoms with Gasteiger partial charge in [-0.3, -0.25) is 4.79 Å². The van der Waals surface area contributed by atoms with E-state index in [0.717, 1.165) is 5.56 Å². The first kappa shape index (κ1) is 19.6. The molecule has 0 unspecified atom stereocenters. The summed E-state index contributed by atoms with van der Waals surface area (Å²) < 4.78 is 4.94. The predicted octanol–water partition coefficient (Wildman–Crippen LogP) is 5.04. The van der Waals surface area contributed by atoms with Gasteiger partial charge in [0.05, 0.1) is 22.9 Å². The Bertz CT molecular complexity index is 750. The first-order valence-corrected chi connectivity index (χ1v) is 9.49. The molecule has 2 aromatic carbocycles. The lowest BCUT2D eigenvalue weighted by Crippen LogP contribution is -2.15. The fourth-order valence-corrected chi connectivity index (χ4v) is 3.12. The summed E-state index contributed by atoms with van der Waals surface area (Å²) in [5, 5.41) is 3.73. The number of nitrogens with one attached hydrogen (secondary N) is 1. The number of rotatable bonds is 7. The molecule has 0 heterocycles. The molecule has 0 aromatic heterocycles. The van der Waals surface area contributed by atoms with Crippen molar-refractivity contribution in [1.29, 1.82) is 0 Å². The number of carbonyl (C=O) groups excluding carboxylic acids is 2. The smallest absolute Gasteiger partial charge is 0.339 e. The average molecular weight is 398 g/mol. The standard InChI is InChI=1S/C18H17Cl2NO3S/c1-2-24-18(23)15-9-14(7-8-16(15)20)21-17(22)11-25-10-12-3-5-13(19)6-4-12/h3-9H,2,10-11H2,1H3,(H,21,22). The second-order valence-corrected chi connectivity index (χ2v) is 6.91. The van der Waals surface area contributed by atoms with Gasteiger partial charge in [-0.25, -0.2) is 4.79 Å². The summed E-state index contributed by atoms with van der Waals surface area (Å²) in [6.07, 6.45) is 0. The number of anilines is 1. The normalized spacial score (nSPS) is 10.4. The number of thioether (sulfide) groups is 1. The van der Waals surface area contributed by atoms with Gasteiger partial charge in [0.15, 0.2) is 0 Å². The molecule has 2 aromatic rings. The van der Waals surface area contributed by atoms with Crippen molar-refractivity contribution in [2.24, 2.45) is 0 Å². The molecule has 1 N–H and O–H groups in total. The third kappa shape index (κ3) is 6.27. The Hall–Kier alpha value is -1.69. The highest BCUT2D eigenvalue weighted by Gasteiger charge is 2.13. The minimum absolute atomic E-state index is 0.156. The van der Waals surface area contributed by atoms with Crippen LogP contribution in [0.25, 0.3) is 0 Å². The molecule has 0 radical (unpaired) electrons. The van der Waals surface area contributed by atoms with Crippen molar-refractivity contribution in [2.75, 3.05) is 17.7 Å². The quantitative estimate of drug-likeness (QED) is 0.664. The van der Waals surface area contributed by atoms with Gasteiger partial charge in [0, 0.05) is 16.5 Å². The fraction of sp³-hybridized carbons (Fsp3) is 0.222. The number of ether oxygens (including phenoxy) is 1. The summed E-state index contributed by atoms with van der Waals surface area (Å²) in [4.78, 5) is 23.9. The van der Waals surface area contributed by atoms with Crippen LogP contribution in [0, 0.1) is 0 Å². The number of esters is 1. The van der Waals surface area contributed by atoms with Crippen molar-refractivity contribution in [2.45, 2.75) is 12.7 Å². The molecule has 0 spiro atoms. The van der Waals surface area contributed by atoms with E-state index in [1.54, 1.807) is 19.1 Å². The van der Waals surface area contributed by atoms with Crippen molar-refractivity contribution in [1.82, 2.24) is 0 Å². The van der Waals surface area contributed by atoms with E-state index in [0.29, 0.717) is 22.2 Å². The maximum absolute atomic E-state index is 12.0. The van der Waals surface area contributed by atoms with E-state index in [-0.39, 0.29) is 23.1 Å². The summed E-state index contributed by atoms with van der Waals surface area (Å²) in [6.45, 7) is 1.97. The zero-order chi connectivity index (χ0) is 18.2. The summed E-state index contributed by atoms with van der Waals surface area (Å²) in [6, 6.07) is 12.2. The van der Waals surface area contributed by atoms with Crippen molar-refractivity contribution < 1.29 is 14.3 Å². The zero-order valence-corrected chi connectivity index (χ0v) is 15.9. The third-order valence-electron chi connectivity index (χ3n) is 3.16. The van der Waals surface area contributed by atoms with Crippen LogP contribution in [-0.4, -0.2) is 24.2 Å². The number of benzene rings is 2. The van der Waals surface area contributed by atoms with Crippen molar-refractivity contribution in [3.63, 3.8) is 0 Å². The van der Waals surface area contributed by atoms with Gasteiger partial charge in [-0.2, -0.15) is 0 Å². The second-order valence-electron chi connectivity index (χ2n) is 5.08. The molecule has 0 saturated carbocycles. The van der Waals surface area contributed by atoms with Crippen LogP contribution in [0.3, 0.4) is 0 Å². The summed E-state index contributed by atoms with van der Waals surface area (Å²) in [7, 11) is 0. The van der Waals surface area contributed by atoms with Crippen molar-refractivity contribution in [3.8, 4) is 0 Å². The maximum atomic E-state index is 12.0. The fourth-order valence-electron chi connectivity index (χ4n) is 2.01. The van der Waals surface area contributed by atoms with E-state index < -0.39 is 5.97 Å². The highest BCUT2D eigenvalue weighted by atomic mass is 35.5. The highest BCUT2D eigenvalue weighted by molar-refractivity contribution is 7.99. The Balaban J connectivity index is 1.88. The van der Waals surface area contributed by atoms with Gasteiger partial charge in [0.2, 0.25) is 5.91 Å². The van der Waals surface area contributed by atoms with Crippen LogP contribution in [0.2, 0.25) is 10.0 Å². The Morgan fingerprint density at radius 1 is 1.12 bits per heavy atom. The Labute approximate surface area is 160 Å². The van der Waals surface area contributed by atoms with E-state index in [4.69, 9.17) is 27.9 Å². The Morgan fingerprint density at radius 2 is 1.84 bits per heavy atom. The molecular formula is C18H17Cl2NO3S. The Morgan fingerprint density at radius 3 is 2.52 bits per heavy atom. The van der Waals surface area contributed by atoms with Gasteiger partial charge in [-0.15, -0.1) is 11.8 Å². The maximum Gasteiger partial charge on any atom is 0.339 e. The lowest BCUT2D eigenvalue weighted by Gasteiger charge is -2.09. The number of amides is 1. The van der Waals surface area contributed by atoms with Crippen LogP contribution in [0.1, 0.15) is 22.8 Å². The van der Waals surface area contributed by atoms with Crippen LogP contribution in [0.4, 0.5) is 5.69 Å². The van der Waals surface area contributed by atoms with Gasteiger partial charge in [0.1, 0.15) is 0 Å². The number of hydrogen-bond donors (Lipinski definition) is 1. The molecule has 2 rings (SSSR count). The largest absolute Gasteiger partial charge is 0.462 e. The van der Waals surface area contributed by atoms with Crippen LogP contribution >= 0.6 is 35.0 Å². The lowest BCUT2D eigenvalue weighted by atomic mass is 10.2. The number of halogens is 2. The molecule has 4 nitrogen and oxygen atoms in total. The molecule has 0 bridgehead atoms. The predicted molar refractivity (Wildman–Crippen MR) is 104 cm³/mol. The molecule has 0 saturated heterocycles. The minimum atomic E-state index is -0.513. The lowest BCUT2D eigenvalue weighted by molar-refractivity contribution is -0.113. The monoisotopic (exact) mass is 397 g/mol. The van der Waals surface area contributed by atoms with Crippen LogP contribution in [-0.2, 0) is 15.3 Å². The minimum Gasteiger partial charge on any atom is -0.462 e. The van der Waals surface area contributed by atoms with Gasteiger partial charge in [-0.1, -0.05) is 35.3 Å². The topological polar surface area (TPSA) is 55.4 Å². The third-order valence-corrected chi connectivity index (χ3v) is 4.75. The van der Waals surface area contributed by atoms with E-state index >= 15 is 0 Å². The summed E-state index contributed by atoms with van der Waals surface area (Å²) >= 11 is 13.3. The van der Waals surface area contributed by atoms with Gasteiger partial charge in [0.25, 0.3) is 0 Å². The SMILES string of the molecule is CCOC(=O)c1cc(NC(=O)CSCc2ccc(Cl)cc2)ccc1Cl. The number of hydrogen-bond acceptors (Lipinski definition) is 4. The van der Waals surface area contributed by atoms with Gasteiger partial charge in [-0.05, 0) is 42.8 Å². The molecule has 0 aliphatic heterocycles. The van der Waals surface area contributed by atoms with Crippen molar-refractivity contribution >= 4 is 52.5 Å².